The Labute approximate surface area is 91.2 Å². The maximum absolute atomic E-state index is 4.23. The van der Waals surface area contributed by atoms with Crippen LogP contribution in [-0.2, 0) is 5.41 Å². The van der Waals surface area contributed by atoms with Gasteiger partial charge in [0.1, 0.15) is 0 Å². The van der Waals surface area contributed by atoms with Crippen LogP contribution in [0.15, 0.2) is 30.6 Å². The Morgan fingerprint density at radius 3 is 2.40 bits per heavy atom. The van der Waals surface area contributed by atoms with Gasteiger partial charge in [-0.2, -0.15) is 0 Å². The first-order valence-corrected chi connectivity index (χ1v) is 5.34. The molecule has 0 amide bonds. The van der Waals surface area contributed by atoms with Gasteiger partial charge in [-0.1, -0.05) is 32.9 Å². The summed E-state index contributed by atoms with van der Waals surface area (Å²) < 4.78 is 0. The van der Waals surface area contributed by atoms with E-state index in [1.165, 1.54) is 21.9 Å². The quantitative estimate of drug-likeness (QED) is 0.628. The molecule has 0 atom stereocenters. The largest absolute Gasteiger partial charge is 0.264 e. The fourth-order valence-electron chi connectivity index (χ4n) is 1.99. The Morgan fingerprint density at radius 1 is 1.00 bits per heavy atom. The average Bonchev–Trinajstić information content (AvgIpc) is 2.17. The van der Waals surface area contributed by atoms with Crippen molar-refractivity contribution in [2.24, 2.45) is 0 Å². The van der Waals surface area contributed by atoms with Crippen LogP contribution in [0.4, 0.5) is 0 Å². The zero-order valence-electron chi connectivity index (χ0n) is 9.83. The Bertz CT molecular complexity index is 492. The zero-order chi connectivity index (χ0) is 11.1. The number of aryl methyl sites for hydroxylation is 1. The number of fused-ring (bicyclic) bond motifs is 1. The number of hydrogen-bond donors (Lipinski definition) is 0. The van der Waals surface area contributed by atoms with E-state index in [0.29, 0.717) is 0 Å². The molecule has 2 rings (SSSR count). The molecule has 0 saturated carbocycles. The van der Waals surface area contributed by atoms with E-state index in [4.69, 9.17) is 0 Å². The highest BCUT2D eigenvalue weighted by atomic mass is 14.6. The number of nitrogens with zero attached hydrogens (tertiary/aromatic N) is 1. The first-order valence-electron chi connectivity index (χ1n) is 5.34. The van der Waals surface area contributed by atoms with Gasteiger partial charge in [0.15, 0.2) is 0 Å². The normalized spacial score (nSPS) is 12.0. The maximum atomic E-state index is 4.23. The minimum absolute atomic E-state index is 0.176. The van der Waals surface area contributed by atoms with Gasteiger partial charge in [0, 0.05) is 17.8 Å². The van der Waals surface area contributed by atoms with Crippen LogP contribution >= 0.6 is 0 Å². The molecule has 0 spiro atoms. The summed E-state index contributed by atoms with van der Waals surface area (Å²) in [6, 6.07) is 6.52. The predicted octanol–water partition coefficient (Wildman–Crippen LogP) is 3.84. The van der Waals surface area contributed by atoms with Gasteiger partial charge in [0.05, 0.1) is 0 Å². The molecule has 0 aliphatic carbocycles. The number of pyridine rings is 1. The molecular weight excluding hydrogens is 182 g/mol. The van der Waals surface area contributed by atoms with E-state index in [0.717, 1.165) is 0 Å². The van der Waals surface area contributed by atoms with Crippen molar-refractivity contribution in [3.8, 4) is 0 Å². The van der Waals surface area contributed by atoms with E-state index >= 15 is 0 Å². The molecule has 1 nitrogen and oxygen atoms in total. The van der Waals surface area contributed by atoms with Gasteiger partial charge in [-0.3, -0.25) is 4.98 Å². The van der Waals surface area contributed by atoms with Gasteiger partial charge in [0.2, 0.25) is 0 Å². The van der Waals surface area contributed by atoms with Gasteiger partial charge in [0.25, 0.3) is 0 Å². The van der Waals surface area contributed by atoms with Gasteiger partial charge in [-0.05, 0) is 34.9 Å². The second-order valence-corrected chi connectivity index (χ2v) is 5.10. The second-order valence-electron chi connectivity index (χ2n) is 5.10. The summed E-state index contributed by atoms with van der Waals surface area (Å²) >= 11 is 0. The van der Waals surface area contributed by atoms with Crippen LogP contribution in [0.5, 0.6) is 0 Å². The highest BCUT2D eigenvalue weighted by Gasteiger charge is 2.16. The van der Waals surface area contributed by atoms with Crippen molar-refractivity contribution in [3.05, 3.63) is 41.7 Å². The lowest BCUT2D eigenvalue weighted by atomic mass is 9.83. The highest BCUT2D eigenvalue weighted by Crippen LogP contribution is 2.30. The van der Waals surface area contributed by atoms with E-state index in [-0.39, 0.29) is 5.41 Å². The van der Waals surface area contributed by atoms with Crippen LogP contribution in [0.2, 0.25) is 0 Å². The molecule has 78 valence electrons. The van der Waals surface area contributed by atoms with Crippen LogP contribution in [0.25, 0.3) is 10.8 Å². The molecule has 1 aromatic heterocycles. The Kier molecular flexibility index (Phi) is 2.26. The number of hydrogen-bond acceptors (Lipinski definition) is 1. The summed E-state index contributed by atoms with van der Waals surface area (Å²) in [7, 11) is 0. The van der Waals surface area contributed by atoms with Crippen LogP contribution in [-0.4, -0.2) is 4.98 Å². The van der Waals surface area contributed by atoms with Crippen molar-refractivity contribution in [1.29, 1.82) is 0 Å². The van der Waals surface area contributed by atoms with Crippen molar-refractivity contribution in [2.45, 2.75) is 33.1 Å². The number of rotatable bonds is 0. The van der Waals surface area contributed by atoms with Crippen LogP contribution in [0, 0.1) is 6.92 Å². The van der Waals surface area contributed by atoms with E-state index in [1.807, 2.05) is 12.4 Å². The SMILES string of the molecule is Cc1ccc(C(C)(C)C)c2cnccc12. The van der Waals surface area contributed by atoms with Crippen molar-refractivity contribution < 1.29 is 0 Å². The Balaban J connectivity index is 2.84. The molecule has 15 heavy (non-hydrogen) atoms. The van der Waals surface area contributed by atoms with E-state index in [9.17, 15) is 0 Å². The molecule has 0 bridgehead atoms. The number of aromatic nitrogens is 1. The molecule has 0 N–H and O–H groups in total. The number of benzene rings is 1. The zero-order valence-corrected chi connectivity index (χ0v) is 9.83. The molecule has 2 aromatic rings. The molecular formula is C14H17N. The minimum Gasteiger partial charge on any atom is -0.264 e. The highest BCUT2D eigenvalue weighted by molar-refractivity contribution is 5.88. The molecule has 0 aliphatic heterocycles. The predicted molar refractivity (Wildman–Crippen MR) is 65.2 cm³/mol. The first kappa shape index (κ1) is 10.2. The molecule has 0 radical (unpaired) electrons. The van der Waals surface area contributed by atoms with Crippen LogP contribution in [0.1, 0.15) is 31.9 Å². The third kappa shape index (κ3) is 1.74. The van der Waals surface area contributed by atoms with Gasteiger partial charge in [-0.25, -0.2) is 0 Å². The molecule has 0 unspecified atom stereocenters. The topological polar surface area (TPSA) is 12.9 Å². The van der Waals surface area contributed by atoms with Crippen LogP contribution in [0.3, 0.4) is 0 Å². The monoisotopic (exact) mass is 199 g/mol. The van der Waals surface area contributed by atoms with Gasteiger partial charge in [-0.15, -0.1) is 0 Å². The lowest BCUT2D eigenvalue weighted by Crippen LogP contribution is -2.11. The van der Waals surface area contributed by atoms with Crippen molar-refractivity contribution in [3.63, 3.8) is 0 Å². The summed E-state index contributed by atoms with van der Waals surface area (Å²) in [6.07, 6.45) is 3.84. The van der Waals surface area contributed by atoms with E-state index < -0.39 is 0 Å². The third-order valence-corrected chi connectivity index (χ3v) is 2.84. The molecule has 0 aliphatic rings. The average molecular weight is 199 g/mol. The van der Waals surface area contributed by atoms with Crippen molar-refractivity contribution >= 4 is 10.8 Å². The lowest BCUT2D eigenvalue weighted by molar-refractivity contribution is 0.595. The summed E-state index contributed by atoms with van der Waals surface area (Å²) in [5.74, 6) is 0. The third-order valence-electron chi connectivity index (χ3n) is 2.84. The van der Waals surface area contributed by atoms with Crippen molar-refractivity contribution in [2.75, 3.05) is 0 Å². The molecule has 1 heteroatoms. The van der Waals surface area contributed by atoms with Crippen molar-refractivity contribution in [1.82, 2.24) is 4.98 Å². The van der Waals surface area contributed by atoms with E-state index in [1.54, 1.807) is 0 Å². The standard InChI is InChI=1S/C14H17N/c1-10-5-6-13(14(2,3)4)12-9-15-8-7-11(10)12/h5-9H,1-4H3. The molecule has 1 heterocycles. The van der Waals surface area contributed by atoms with E-state index in [2.05, 4.69) is 50.9 Å². The fourth-order valence-corrected chi connectivity index (χ4v) is 1.99. The maximum Gasteiger partial charge on any atom is 0.0349 e. The van der Waals surface area contributed by atoms with Crippen LogP contribution < -0.4 is 0 Å². The summed E-state index contributed by atoms with van der Waals surface area (Å²) in [5.41, 5.74) is 2.87. The Morgan fingerprint density at radius 2 is 1.73 bits per heavy atom. The minimum atomic E-state index is 0.176. The molecule has 0 saturated heterocycles. The fraction of sp³-hybridized carbons (Fsp3) is 0.357. The van der Waals surface area contributed by atoms with Gasteiger partial charge < -0.3 is 0 Å². The summed E-state index contributed by atoms with van der Waals surface area (Å²) in [4.78, 5) is 4.23. The van der Waals surface area contributed by atoms with Gasteiger partial charge >= 0.3 is 0 Å². The lowest BCUT2D eigenvalue weighted by Gasteiger charge is -2.21. The summed E-state index contributed by atoms with van der Waals surface area (Å²) in [6.45, 7) is 8.87. The molecule has 1 aromatic carbocycles. The smallest absolute Gasteiger partial charge is 0.0349 e. The molecule has 0 fully saturated rings. The first-order chi connectivity index (χ1) is 7.00. The Hall–Kier alpha value is -1.37. The summed E-state index contributed by atoms with van der Waals surface area (Å²) in [5, 5.41) is 2.60. The second kappa shape index (κ2) is 3.34.